The SMILES string of the molecule is CCCCc1ccc(-c2csc(C=O)n2)cc1. The van der Waals surface area contributed by atoms with E-state index in [0.717, 1.165) is 24.0 Å². The van der Waals surface area contributed by atoms with Crippen LogP contribution >= 0.6 is 11.3 Å². The van der Waals surface area contributed by atoms with Crippen molar-refractivity contribution in [3.63, 3.8) is 0 Å². The van der Waals surface area contributed by atoms with Gasteiger partial charge in [-0.15, -0.1) is 11.3 Å². The van der Waals surface area contributed by atoms with Crippen molar-refractivity contribution in [1.29, 1.82) is 0 Å². The van der Waals surface area contributed by atoms with Crippen LogP contribution in [0.5, 0.6) is 0 Å². The summed E-state index contributed by atoms with van der Waals surface area (Å²) in [5, 5.41) is 2.46. The Morgan fingerprint density at radius 3 is 2.65 bits per heavy atom. The van der Waals surface area contributed by atoms with Crippen LogP contribution in [0.1, 0.15) is 35.1 Å². The van der Waals surface area contributed by atoms with Crippen molar-refractivity contribution in [1.82, 2.24) is 4.98 Å². The number of benzene rings is 1. The molecule has 0 N–H and O–H groups in total. The minimum absolute atomic E-state index is 0.537. The lowest BCUT2D eigenvalue weighted by atomic mass is 10.1. The number of carbonyl (C=O) groups is 1. The first kappa shape index (κ1) is 12.0. The van der Waals surface area contributed by atoms with Gasteiger partial charge in [0.15, 0.2) is 11.3 Å². The molecule has 17 heavy (non-hydrogen) atoms. The maximum Gasteiger partial charge on any atom is 0.178 e. The molecule has 0 amide bonds. The zero-order valence-electron chi connectivity index (χ0n) is 9.85. The summed E-state index contributed by atoms with van der Waals surface area (Å²) in [5.74, 6) is 0. The quantitative estimate of drug-likeness (QED) is 0.746. The molecule has 1 heterocycles. The van der Waals surface area contributed by atoms with E-state index in [4.69, 9.17) is 0 Å². The van der Waals surface area contributed by atoms with E-state index in [1.807, 2.05) is 5.38 Å². The van der Waals surface area contributed by atoms with E-state index >= 15 is 0 Å². The van der Waals surface area contributed by atoms with Crippen molar-refractivity contribution in [2.75, 3.05) is 0 Å². The van der Waals surface area contributed by atoms with E-state index in [1.165, 1.54) is 29.7 Å². The Kier molecular flexibility index (Phi) is 4.04. The molecule has 2 nitrogen and oxygen atoms in total. The van der Waals surface area contributed by atoms with E-state index in [0.29, 0.717) is 5.01 Å². The topological polar surface area (TPSA) is 30.0 Å². The molecule has 1 aromatic heterocycles. The van der Waals surface area contributed by atoms with Crippen LogP contribution in [0.2, 0.25) is 0 Å². The Bertz CT molecular complexity index is 487. The first-order chi connectivity index (χ1) is 8.33. The molecular weight excluding hydrogens is 230 g/mol. The molecule has 0 radical (unpaired) electrons. The first-order valence-corrected chi connectivity index (χ1v) is 6.71. The average Bonchev–Trinajstić information content (AvgIpc) is 2.86. The van der Waals surface area contributed by atoms with Crippen LogP contribution in [-0.4, -0.2) is 11.3 Å². The molecule has 0 atom stereocenters. The molecule has 2 aromatic rings. The van der Waals surface area contributed by atoms with Gasteiger partial charge in [-0.1, -0.05) is 37.6 Å². The molecule has 0 aliphatic heterocycles. The highest BCUT2D eigenvalue weighted by molar-refractivity contribution is 7.11. The summed E-state index contributed by atoms with van der Waals surface area (Å²) in [6.07, 6.45) is 4.37. The predicted octanol–water partition coefficient (Wildman–Crippen LogP) is 3.97. The Balaban J connectivity index is 2.14. The number of nitrogens with zero attached hydrogens (tertiary/aromatic N) is 1. The molecule has 0 saturated heterocycles. The molecule has 88 valence electrons. The summed E-state index contributed by atoms with van der Waals surface area (Å²) in [6, 6.07) is 8.44. The summed E-state index contributed by atoms with van der Waals surface area (Å²) < 4.78 is 0. The maximum absolute atomic E-state index is 10.6. The second kappa shape index (κ2) is 5.73. The van der Waals surface area contributed by atoms with Crippen molar-refractivity contribution < 1.29 is 4.79 Å². The van der Waals surface area contributed by atoms with Gasteiger partial charge in [-0.3, -0.25) is 4.79 Å². The monoisotopic (exact) mass is 245 g/mol. The van der Waals surface area contributed by atoms with E-state index in [2.05, 4.69) is 36.2 Å². The Morgan fingerprint density at radius 2 is 2.06 bits per heavy atom. The zero-order valence-corrected chi connectivity index (χ0v) is 10.7. The van der Waals surface area contributed by atoms with Gasteiger partial charge in [-0.2, -0.15) is 0 Å². The van der Waals surface area contributed by atoms with Gasteiger partial charge in [0.25, 0.3) is 0 Å². The molecule has 0 bridgehead atoms. The van der Waals surface area contributed by atoms with Crippen LogP contribution in [0.3, 0.4) is 0 Å². The summed E-state index contributed by atoms with van der Waals surface area (Å²) in [6.45, 7) is 2.20. The molecule has 2 rings (SSSR count). The Morgan fingerprint density at radius 1 is 1.29 bits per heavy atom. The van der Waals surface area contributed by atoms with Crippen LogP contribution in [-0.2, 0) is 6.42 Å². The molecule has 0 aliphatic carbocycles. The number of rotatable bonds is 5. The summed E-state index contributed by atoms with van der Waals surface area (Å²) >= 11 is 1.38. The lowest BCUT2D eigenvalue weighted by Gasteiger charge is -2.01. The third-order valence-electron chi connectivity index (χ3n) is 2.69. The van der Waals surface area contributed by atoms with Crippen molar-refractivity contribution in [2.24, 2.45) is 0 Å². The molecule has 0 unspecified atom stereocenters. The van der Waals surface area contributed by atoms with Crippen LogP contribution in [0.15, 0.2) is 29.6 Å². The van der Waals surface area contributed by atoms with E-state index in [-0.39, 0.29) is 0 Å². The number of hydrogen-bond acceptors (Lipinski definition) is 3. The van der Waals surface area contributed by atoms with Gasteiger partial charge in [0, 0.05) is 10.9 Å². The zero-order chi connectivity index (χ0) is 12.1. The van der Waals surface area contributed by atoms with Crippen molar-refractivity contribution in [3.8, 4) is 11.3 Å². The highest BCUT2D eigenvalue weighted by atomic mass is 32.1. The third kappa shape index (κ3) is 3.01. The second-order valence-corrected chi connectivity index (χ2v) is 4.88. The summed E-state index contributed by atoms with van der Waals surface area (Å²) in [5.41, 5.74) is 3.33. The number of hydrogen-bond donors (Lipinski definition) is 0. The number of aryl methyl sites for hydroxylation is 1. The number of thiazole rings is 1. The van der Waals surface area contributed by atoms with Crippen molar-refractivity contribution >= 4 is 17.6 Å². The van der Waals surface area contributed by atoms with Gasteiger partial charge in [0.2, 0.25) is 0 Å². The van der Waals surface area contributed by atoms with Gasteiger partial charge in [-0.25, -0.2) is 4.98 Å². The van der Waals surface area contributed by atoms with E-state index in [1.54, 1.807) is 0 Å². The highest BCUT2D eigenvalue weighted by Gasteiger charge is 2.03. The fourth-order valence-corrected chi connectivity index (χ4v) is 2.33. The minimum Gasteiger partial charge on any atom is -0.295 e. The maximum atomic E-state index is 10.6. The highest BCUT2D eigenvalue weighted by Crippen LogP contribution is 2.21. The molecule has 0 saturated carbocycles. The fraction of sp³-hybridized carbons (Fsp3) is 0.286. The lowest BCUT2D eigenvalue weighted by molar-refractivity contribution is 0.112. The van der Waals surface area contributed by atoms with Gasteiger partial charge >= 0.3 is 0 Å². The number of unbranched alkanes of at least 4 members (excludes halogenated alkanes) is 1. The largest absolute Gasteiger partial charge is 0.295 e. The second-order valence-electron chi connectivity index (χ2n) is 3.99. The third-order valence-corrected chi connectivity index (χ3v) is 3.46. The van der Waals surface area contributed by atoms with Crippen LogP contribution < -0.4 is 0 Å². The lowest BCUT2D eigenvalue weighted by Crippen LogP contribution is -1.85. The molecular formula is C14H15NOS. The molecule has 3 heteroatoms. The van der Waals surface area contributed by atoms with E-state index < -0.39 is 0 Å². The van der Waals surface area contributed by atoms with Crippen LogP contribution in [0.4, 0.5) is 0 Å². The van der Waals surface area contributed by atoms with E-state index in [9.17, 15) is 4.79 Å². The standard InChI is InChI=1S/C14H15NOS/c1-2-3-4-11-5-7-12(8-6-11)13-10-17-14(9-16)15-13/h5-10H,2-4H2,1H3. The van der Waals surface area contributed by atoms with Crippen LogP contribution in [0, 0.1) is 0 Å². The Hall–Kier alpha value is -1.48. The number of carbonyl (C=O) groups excluding carboxylic acids is 1. The number of aldehydes is 1. The molecule has 1 aromatic carbocycles. The minimum atomic E-state index is 0.537. The molecule has 0 fully saturated rings. The average molecular weight is 245 g/mol. The normalized spacial score (nSPS) is 10.4. The molecule has 0 spiro atoms. The van der Waals surface area contributed by atoms with Gasteiger partial charge in [0.1, 0.15) is 0 Å². The van der Waals surface area contributed by atoms with Crippen molar-refractivity contribution in [2.45, 2.75) is 26.2 Å². The number of aromatic nitrogens is 1. The van der Waals surface area contributed by atoms with Gasteiger partial charge in [-0.05, 0) is 18.4 Å². The fourth-order valence-electron chi connectivity index (χ4n) is 1.70. The smallest absolute Gasteiger partial charge is 0.178 e. The molecule has 0 aliphatic rings. The first-order valence-electron chi connectivity index (χ1n) is 5.83. The van der Waals surface area contributed by atoms with Gasteiger partial charge in [0.05, 0.1) is 5.69 Å². The summed E-state index contributed by atoms with van der Waals surface area (Å²) in [4.78, 5) is 14.8. The Labute approximate surface area is 105 Å². The van der Waals surface area contributed by atoms with Gasteiger partial charge < -0.3 is 0 Å². The van der Waals surface area contributed by atoms with Crippen molar-refractivity contribution in [3.05, 3.63) is 40.2 Å². The van der Waals surface area contributed by atoms with Crippen LogP contribution in [0.25, 0.3) is 11.3 Å². The predicted molar refractivity (Wildman–Crippen MR) is 71.5 cm³/mol. The summed E-state index contributed by atoms with van der Waals surface area (Å²) in [7, 11) is 0.